The summed E-state index contributed by atoms with van der Waals surface area (Å²) in [5, 5.41) is 19.1. The molecule has 0 aliphatic rings. The minimum atomic E-state index is 0.145. The quantitative estimate of drug-likeness (QED) is 0.802. The molecule has 0 atom stereocenters. The Balaban J connectivity index is 1.96. The highest BCUT2D eigenvalue weighted by atomic mass is 16.5. The maximum absolute atomic E-state index is 9.55. The minimum Gasteiger partial charge on any atom is -0.504 e. The van der Waals surface area contributed by atoms with Gasteiger partial charge in [0.15, 0.2) is 23.0 Å². The molecule has 0 unspecified atom stereocenters. The third kappa shape index (κ3) is 3.95. The average Bonchev–Trinajstić information content (AvgIpc) is 2.54. The summed E-state index contributed by atoms with van der Waals surface area (Å²) in [5.41, 5.74) is 2.13. The van der Waals surface area contributed by atoms with Crippen LogP contribution in [0.1, 0.15) is 11.1 Å². The van der Waals surface area contributed by atoms with Crippen molar-refractivity contribution < 1.29 is 19.7 Å². The second kappa shape index (κ2) is 7.41. The molecular formula is C18H20O4. The van der Waals surface area contributed by atoms with Crippen LogP contribution in [-0.2, 0) is 12.8 Å². The van der Waals surface area contributed by atoms with E-state index in [1.807, 2.05) is 24.3 Å². The van der Waals surface area contributed by atoms with E-state index in [0.29, 0.717) is 11.5 Å². The fraction of sp³-hybridized carbons (Fsp3) is 0.222. The van der Waals surface area contributed by atoms with Gasteiger partial charge < -0.3 is 19.7 Å². The van der Waals surface area contributed by atoms with E-state index in [4.69, 9.17) is 9.47 Å². The molecule has 0 saturated heterocycles. The van der Waals surface area contributed by atoms with E-state index in [-0.39, 0.29) is 11.5 Å². The Bertz CT molecular complexity index is 605. The number of hydrogen-bond acceptors (Lipinski definition) is 4. The first kappa shape index (κ1) is 15.8. The molecule has 0 bridgehead atoms. The largest absolute Gasteiger partial charge is 0.504 e. The highest BCUT2D eigenvalue weighted by molar-refractivity contribution is 5.43. The lowest BCUT2D eigenvalue weighted by Gasteiger charge is -2.05. The molecule has 2 N–H and O–H groups in total. The van der Waals surface area contributed by atoms with Crippen LogP contribution < -0.4 is 9.47 Å². The lowest BCUT2D eigenvalue weighted by molar-refractivity contribution is 0.373. The van der Waals surface area contributed by atoms with Gasteiger partial charge in [-0.15, -0.1) is 0 Å². The van der Waals surface area contributed by atoms with Crippen molar-refractivity contribution in [3.8, 4) is 23.0 Å². The van der Waals surface area contributed by atoms with Crippen LogP contribution in [0.15, 0.2) is 48.6 Å². The van der Waals surface area contributed by atoms with Gasteiger partial charge in [-0.3, -0.25) is 0 Å². The predicted molar refractivity (Wildman–Crippen MR) is 85.9 cm³/mol. The lowest BCUT2D eigenvalue weighted by atomic mass is 10.1. The average molecular weight is 300 g/mol. The molecule has 2 rings (SSSR count). The van der Waals surface area contributed by atoms with Gasteiger partial charge in [-0.05, 0) is 48.2 Å². The van der Waals surface area contributed by atoms with E-state index >= 15 is 0 Å². The van der Waals surface area contributed by atoms with E-state index < -0.39 is 0 Å². The van der Waals surface area contributed by atoms with Gasteiger partial charge in [-0.2, -0.15) is 0 Å². The maximum atomic E-state index is 9.55. The van der Waals surface area contributed by atoms with Gasteiger partial charge in [-0.25, -0.2) is 0 Å². The molecular weight excluding hydrogens is 280 g/mol. The standard InChI is InChI=1S/C18H20O4/c1-21-17-11-13(7-9-15(17)19)5-3-4-6-14-8-10-16(20)18(12-14)22-2/h3-4,7-12,19-20H,5-6H2,1-2H3/b4-3+. The molecule has 22 heavy (non-hydrogen) atoms. The fourth-order valence-electron chi connectivity index (χ4n) is 2.14. The number of rotatable bonds is 6. The normalized spacial score (nSPS) is 10.8. The molecule has 0 aliphatic carbocycles. The van der Waals surface area contributed by atoms with Gasteiger partial charge in [0.1, 0.15) is 0 Å². The van der Waals surface area contributed by atoms with Crippen molar-refractivity contribution in [3.05, 3.63) is 59.7 Å². The van der Waals surface area contributed by atoms with Crippen molar-refractivity contribution >= 4 is 0 Å². The molecule has 0 aliphatic heterocycles. The lowest BCUT2D eigenvalue weighted by Crippen LogP contribution is -1.88. The third-order valence-corrected chi connectivity index (χ3v) is 3.36. The number of benzene rings is 2. The SMILES string of the molecule is COc1cc(C/C=C/Cc2ccc(O)c(OC)c2)ccc1O. The minimum absolute atomic E-state index is 0.145. The summed E-state index contributed by atoms with van der Waals surface area (Å²) in [7, 11) is 3.07. The molecule has 0 amide bonds. The Morgan fingerprint density at radius 2 is 1.18 bits per heavy atom. The van der Waals surface area contributed by atoms with Crippen LogP contribution in [0.3, 0.4) is 0 Å². The van der Waals surface area contributed by atoms with Crippen molar-refractivity contribution in [1.29, 1.82) is 0 Å². The van der Waals surface area contributed by atoms with Crippen molar-refractivity contribution in [1.82, 2.24) is 0 Å². The zero-order chi connectivity index (χ0) is 15.9. The zero-order valence-electron chi connectivity index (χ0n) is 12.7. The smallest absolute Gasteiger partial charge is 0.160 e. The number of phenols is 2. The number of ether oxygens (including phenoxy) is 2. The first-order valence-electron chi connectivity index (χ1n) is 7.00. The van der Waals surface area contributed by atoms with Crippen LogP contribution in [-0.4, -0.2) is 24.4 Å². The summed E-state index contributed by atoms with van der Waals surface area (Å²) >= 11 is 0. The molecule has 116 valence electrons. The van der Waals surface area contributed by atoms with Crippen LogP contribution in [0.25, 0.3) is 0 Å². The number of phenolic OH excluding ortho intramolecular Hbond substituents is 2. The first-order valence-corrected chi connectivity index (χ1v) is 7.00. The van der Waals surface area contributed by atoms with Gasteiger partial charge in [0, 0.05) is 0 Å². The van der Waals surface area contributed by atoms with E-state index in [1.165, 1.54) is 14.2 Å². The Hall–Kier alpha value is -2.62. The molecule has 0 aromatic heterocycles. The van der Waals surface area contributed by atoms with Gasteiger partial charge in [0.2, 0.25) is 0 Å². The molecule has 0 radical (unpaired) electrons. The summed E-state index contributed by atoms with van der Waals surface area (Å²) in [5.74, 6) is 1.25. The summed E-state index contributed by atoms with van der Waals surface area (Å²) < 4.78 is 10.2. The second-order valence-electron chi connectivity index (χ2n) is 4.89. The molecule has 0 saturated carbocycles. The van der Waals surface area contributed by atoms with Crippen molar-refractivity contribution in [2.24, 2.45) is 0 Å². The molecule has 2 aromatic rings. The van der Waals surface area contributed by atoms with Crippen LogP contribution in [0.2, 0.25) is 0 Å². The number of hydrogen-bond donors (Lipinski definition) is 2. The highest BCUT2D eigenvalue weighted by Crippen LogP contribution is 2.27. The topological polar surface area (TPSA) is 58.9 Å². The second-order valence-corrected chi connectivity index (χ2v) is 4.89. The molecule has 2 aromatic carbocycles. The summed E-state index contributed by atoms with van der Waals surface area (Å²) in [6.07, 6.45) is 5.63. The van der Waals surface area contributed by atoms with Gasteiger partial charge in [-0.1, -0.05) is 24.3 Å². The monoisotopic (exact) mass is 300 g/mol. The zero-order valence-corrected chi connectivity index (χ0v) is 12.7. The Morgan fingerprint density at radius 3 is 1.55 bits per heavy atom. The first-order chi connectivity index (χ1) is 10.6. The Kier molecular flexibility index (Phi) is 5.31. The van der Waals surface area contributed by atoms with Crippen LogP contribution >= 0.6 is 0 Å². The molecule has 0 fully saturated rings. The Morgan fingerprint density at radius 1 is 0.773 bits per heavy atom. The van der Waals surface area contributed by atoms with E-state index in [9.17, 15) is 10.2 Å². The van der Waals surface area contributed by atoms with Crippen LogP contribution in [0.5, 0.6) is 23.0 Å². The molecule has 4 nitrogen and oxygen atoms in total. The van der Waals surface area contributed by atoms with E-state index in [1.54, 1.807) is 12.1 Å². The third-order valence-electron chi connectivity index (χ3n) is 3.36. The van der Waals surface area contributed by atoms with Gasteiger partial charge in [0.25, 0.3) is 0 Å². The Labute approximate surface area is 130 Å². The number of aromatic hydroxyl groups is 2. The molecule has 0 heterocycles. The van der Waals surface area contributed by atoms with Crippen LogP contribution in [0.4, 0.5) is 0 Å². The van der Waals surface area contributed by atoms with Crippen molar-refractivity contribution in [2.45, 2.75) is 12.8 Å². The maximum Gasteiger partial charge on any atom is 0.160 e. The van der Waals surface area contributed by atoms with Crippen molar-refractivity contribution in [3.63, 3.8) is 0 Å². The predicted octanol–water partition coefficient (Wildman–Crippen LogP) is 3.46. The molecule has 0 spiro atoms. The van der Waals surface area contributed by atoms with Crippen LogP contribution in [0, 0.1) is 0 Å². The van der Waals surface area contributed by atoms with Gasteiger partial charge in [0.05, 0.1) is 14.2 Å². The van der Waals surface area contributed by atoms with E-state index in [0.717, 1.165) is 24.0 Å². The summed E-state index contributed by atoms with van der Waals surface area (Å²) in [6, 6.07) is 10.6. The van der Waals surface area contributed by atoms with Gasteiger partial charge >= 0.3 is 0 Å². The fourth-order valence-corrected chi connectivity index (χ4v) is 2.14. The number of allylic oxidation sites excluding steroid dienone is 2. The summed E-state index contributed by atoms with van der Waals surface area (Å²) in [4.78, 5) is 0. The molecule has 4 heteroatoms. The van der Waals surface area contributed by atoms with E-state index in [2.05, 4.69) is 12.2 Å². The highest BCUT2D eigenvalue weighted by Gasteiger charge is 2.02. The number of methoxy groups -OCH3 is 2. The van der Waals surface area contributed by atoms with Crippen molar-refractivity contribution in [2.75, 3.05) is 14.2 Å². The summed E-state index contributed by atoms with van der Waals surface area (Å²) in [6.45, 7) is 0.